The minimum Gasteiger partial charge on any atom is -0.504 e. The molecule has 1 aliphatic rings. The van der Waals surface area contributed by atoms with Crippen LogP contribution in [-0.4, -0.2) is 18.3 Å². The maximum atomic E-state index is 9.76. The summed E-state index contributed by atoms with van der Waals surface area (Å²) in [6.45, 7) is 4.65. The lowest BCUT2D eigenvalue weighted by atomic mass is 9.75. The number of methoxy groups -OCH3 is 1. The second kappa shape index (κ2) is 5.09. The predicted octanol–water partition coefficient (Wildman–Crippen LogP) is 3.78. The highest BCUT2D eigenvalue weighted by molar-refractivity contribution is 5.54. The van der Waals surface area contributed by atoms with Gasteiger partial charge >= 0.3 is 0 Å². The number of nitrogens with one attached hydrogen (secondary N) is 1. The molecule has 1 aromatic carbocycles. The molecule has 0 saturated heterocycles. The molecular weight excluding hydrogens is 226 g/mol. The third-order valence-corrected chi connectivity index (χ3v) is 3.75. The van der Waals surface area contributed by atoms with Crippen molar-refractivity contribution in [3.8, 4) is 11.5 Å². The number of phenols is 1. The van der Waals surface area contributed by atoms with Crippen LogP contribution in [0.3, 0.4) is 0 Å². The second-order valence-corrected chi connectivity index (χ2v) is 5.99. The average molecular weight is 249 g/mol. The molecule has 0 amide bonds. The highest BCUT2D eigenvalue weighted by Gasteiger charge is 2.27. The third kappa shape index (κ3) is 3.09. The van der Waals surface area contributed by atoms with Crippen molar-refractivity contribution in [1.82, 2.24) is 0 Å². The summed E-state index contributed by atoms with van der Waals surface area (Å²) in [5, 5.41) is 13.3. The molecule has 1 atom stereocenters. The van der Waals surface area contributed by atoms with E-state index in [9.17, 15) is 5.11 Å². The predicted molar refractivity (Wildman–Crippen MR) is 74.3 cm³/mol. The standard InChI is InChI=1S/C15H23NO2/c1-15(2)8-4-5-12(10-15)16-11-6-7-14(18-3)13(17)9-11/h6-7,9,12,16-17H,4-5,8,10H2,1-3H3. The smallest absolute Gasteiger partial charge is 0.160 e. The van der Waals surface area contributed by atoms with Gasteiger partial charge in [-0.05, 0) is 36.8 Å². The maximum Gasteiger partial charge on any atom is 0.160 e. The number of phenolic OH excluding ortho intramolecular Hbond substituents is 1. The van der Waals surface area contributed by atoms with Crippen LogP contribution in [0.1, 0.15) is 39.5 Å². The van der Waals surface area contributed by atoms with Crippen molar-refractivity contribution in [3.63, 3.8) is 0 Å². The van der Waals surface area contributed by atoms with E-state index in [1.807, 2.05) is 6.07 Å². The molecule has 1 fully saturated rings. The summed E-state index contributed by atoms with van der Waals surface area (Å²) in [4.78, 5) is 0. The summed E-state index contributed by atoms with van der Waals surface area (Å²) in [6.07, 6.45) is 4.96. The Morgan fingerprint density at radius 2 is 2.17 bits per heavy atom. The van der Waals surface area contributed by atoms with Gasteiger partial charge in [-0.3, -0.25) is 0 Å². The average Bonchev–Trinajstić information content (AvgIpc) is 2.28. The lowest BCUT2D eigenvalue weighted by Crippen LogP contribution is -2.31. The van der Waals surface area contributed by atoms with E-state index in [2.05, 4.69) is 19.2 Å². The topological polar surface area (TPSA) is 41.5 Å². The summed E-state index contributed by atoms with van der Waals surface area (Å²) in [6, 6.07) is 5.99. The van der Waals surface area contributed by atoms with E-state index in [1.54, 1.807) is 19.2 Å². The van der Waals surface area contributed by atoms with E-state index in [1.165, 1.54) is 25.7 Å². The molecule has 0 bridgehead atoms. The molecule has 0 aliphatic heterocycles. The molecule has 3 heteroatoms. The van der Waals surface area contributed by atoms with Crippen molar-refractivity contribution in [2.75, 3.05) is 12.4 Å². The highest BCUT2D eigenvalue weighted by atomic mass is 16.5. The Balaban J connectivity index is 2.03. The number of aromatic hydroxyl groups is 1. The Morgan fingerprint density at radius 1 is 1.39 bits per heavy atom. The van der Waals surface area contributed by atoms with E-state index < -0.39 is 0 Å². The number of hydrogen-bond donors (Lipinski definition) is 2. The lowest BCUT2D eigenvalue weighted by Gasteiger charge is -2.36. The molecule has 18 heavy (non-hydrogen) atoms. The molecule has 1 aromatic rings. The summed E-state index contributed by atoms with van der Waals surface area (Å²) >= 11 is 0. The first-order valence-electron chi connectivity index (χ1n) is 6.64. The van der Waals surface area contributed by atoms with Crippen molar-refractivity contribution in [3.05, 3.63) is 18.2 Å². The van der Waals surface area contributed by atoms with Crippen LogP contribution in [0.4, 0.5) is 5.69 Å². The zero-order valence-electron chi connectivity index (χ0n) is 11.5. The Labute approximate surface area is 109 Å². The van der Waals surface area contributed by atoms with Crippen LogP contribution >= 0.6 is 0 Å². The van der Waals surface area contributed by atoms with Gasteiger partial charge in [0.25, 0.3) is 0 Å². The van der Waals surface area contributed by atoms with Gasteiger partial charge in [-0.25, -0.2) is 0 Å². The van der Waals surface area contributed by atoms with Gasteiger partial charge in [-0.15, -0.1) is 0 Å². The zero-order chi connectivity index (χ0) is 13.2. The molecule has 1 aliphatic carbocycles. The number of hydrogen-bond acceptors (Lipinski definition) is 3. The first-order valence-corrected chi connectivity index (χ1v) is 6.64. The van der Waals surface area contributed by atoms with E-state index >= 15 is 0 Å². The fourth-order valence-corrected chi connectivity index (χ4v) is 2.84. The Kier molecular flexibility index (Phi) is 3.69. The molecule has 1 saturated carbocycles. The Hall–Kier alpha value is -1.38. The number of rotatable bonds is 3. The van der Waals surface area contributed by atoms with Crippen molar-refractivity contribution in [2.24, 2.45) is 5.41 Å². The van der Waals surface area contributed by atoms with Gasteiger partial charge < -0.3 is 15.2 Å². The van der Waals surface area contributed by atoms with Gasteiger partial charge in [0.05, 0.1) is 7.11 Å². The van der Waals surface area contributed by atoms with E-state index in [-0.39, 0.29) is 5.75 Å². The highest BCUT2D eigenvalue weighted by Crippen LogP contribution is 2.37. The SMILES string of the molecule is COc1ccc(NC2CCCC(C)(C)C2)cc1O. The number of benzene rings is 1. The first kappa shape index (κ1) is 13.1. The van der Waals surface area contributed by atoms with E-state index in [0.29, 0.717) is 17.2 Å². The maximum absolute atomic E-state index is 9.76. The molecule has 3 nitrogen and oxygen atoms in total. The third-order valence-electron chi connectivity index (χ3n) is 3.75. The van der Waals surface area contributed by atoms with Gasteiger partial charge in [0.2, 0.25) is 0 Å². The van der Waals surface area contributed by atoms with Crippen LogP contribution in [0.5, 0.6) is 11.5 Å². The van der Waals surface area contributed by atoms with Crippen LogP contribution in [0.25, 0.3) is 0 Å². The van der Waals surface area contributed by atoms with E-state index in [4.69, 9.17) is 4.74 Å². The largest absolute Gasteiger partial charge is 0.504 e. The fraction of sp³-hybridized carbons (Fsp3) is 0.600. The normalized spacial score (nSPS) is 22.5. The van der Waals surface area contributed by atoms with Crippen molar-refractivity contribution in [1.29, 1.82) is 0 Å². The molecular formula is C15H23NO2. The Morgan fingerprint density at radius 3 is 2.78 bits per heavy atom. The molecule has 1 unspecified atom stereocenters. The van der Waals surface area contributed by atoms with Gasteiger partial charge in [0, 0.05) is 17.8 Å². The molecule has 0 aromatic heterocycles. The molecule has 0 radical (unpaired) electrons. The zero-order valence-corrected chi connectivity index (χ0v) is 11.5. The van der Waals surface area contributed by atoms with Gasteiger partial charge in [-0.2, -0.15) is 0 Å². The summed E-state index contributed by atoms with van der Waals surface area (Å²) in [7, 11) is 1.56. The van der Waals surface area contributed by atoms with Crippen molar-refractivity contribution < 1.29 is 9.84 Å². The van der Waals surface area contributed by atoms with Gasteiger partial charge in [0.1, 0.15) is 0 Å². The van der Waals surface area contributed by atoms with Crippen LogP contribution in [0.15, 0.2) is 18.2 Å². The van der Waals surface area contributed by atoms with E-state index in [0.717, 1.165) is 5.69 Å². The minimum absolute atomic E-state index is 0.192. The van der Waals surface area contributed by atoms with Gasteiger partial charge in [-0.1, -0.05) is 20.3 Å². The quantitative estimate of drug-likeness (QED) is 0.856. The van der Waals surface area contributed by atoms with Crippen LogP contribution < -0.4 is 10.1 Å². The van der Waals surface area contributed by atoms with Crippen LogP contribution in [0, 0.1) is 5.41 Å². The van der Waals surface area contributed by atoms with Crippen molar-refractivity contribution in [2.45, 2.75) is 45.6 Å². The number of anilines is 1. The molecule has 0 heterocycles. The van der Waals surface area contributed by atoms with Crippen LogP contribution in [-0.2, 0) is 0 Å². The van der Waals surface area contributed by atoms with Gasteiger partial charge in [0.15, 0.2) is 11.5 Å². The molecule has 100 valence electrons. The second-order valence-electron chi connectivity index (χ2n) is 5.99. The van der Waals surface area contributed by atoms with Crippen LogP contribution in [0.2, 0.25) is 0 Å². The van der Waals surface area contributed by atoms with Crippen molar-refractivity contribution >= 4 is 5.69 Å². The minimum atomic E-state index is 0.192. The summed E-state index contributed by atoms with van der Waals surface area (Å²) < 4.78 is 5.05. The molecule has 2 N–H and O–H groups in total. The molecule has 2 rings (SSSR count). The lowest BCUT2D eigenvalue weighted by molar-refractivity contribution is 0.229. The summed E-state index contributed by atoms with van der Waals surface area (Å²) in [5.74, 6) is 0.710. The first-order chi connectivity index (χ1) is 8.50. The molecule has 0 spiro atoms. The Bertz CT molecular complexity index is 415. The monoisotopic (exact) mass is 249 g/mol. The fourth-order valence-electron chi connectivity index (χ4n) is 2.84. The number of ether oxygens (including phenoxy) is 1. The summed E-state index contributed by atoms with van der Waals surface area (Å²) in [5.41, 5.74) is 1.39.